The first-order valence-corrected chi connectivity index (χ1v) is 6.97. The maximum atomic E-state index is 6.14. The Morgan fingerprint density at radius 2 is 2.00 bits per heavy atom. The van der Waals surface area contributed by atoms with Crippen LogP contribution in [-0.4, -0.2) is 23.2 Å². The predicted octanol–water partition coefficient (Wildman–Crippen LogP) is 3.20. The van der Waals surface area contributed by atoms with E-state index in [0.717, 1.165) is 42.4 Å². The largest absolute Gasteiger partial charge is 0.339 e. The number of piperidine rings is 1. The van der Waals surface area contributed by atoms with Gasteiger partial charge in [0.25, 0.3) is 0 Å². The molecule has 0 saturated carbocycles. The van der Waals surface area contributed by atoms with Crippen molar-refractivity contribution in [3.8, 4) is 0 Å². The van der Waals surface area contributed by atoms with Crippen LogP contribution in [0.3, 0.4) is 0 Å². The van der Waals surface area contributed by atoms with Crippen molar-refractivity contribution in [3.05, 3.63) is 46.6 Å². The molecule has 4 nitrogen and oxygen atoms in total. The molecule has 1 saturated heterocycles. The predicted molar refractivity (Wildman–Crippen MR) is 80.6 cm³/mol. The Morgan fingerprint density at radius 1 is 1.25 bits per heavy atom. The van der Waals surface area contributed by atoms with Gasteiger partial charge in [0.1, 0.15) is 0 Å². The summed E-state index contributed by atoms with van der Waals surface area (Å²) < 4.78 is 5.38. The zero-order valence-corrected chi connectivity index (χ0v) is 12.6. The highest BCUT2D eigenvalue weighted by Gasteiger charge is 2.21. The van der Waals surface area contributed by atoms with E-state index in [2.05, 4.69) is 15.5 Å². The first kappa shape index (κ1) is 15.3. The fourth-order valence-electron chi connectivity index (χ4n) is 2.39. The van der Waals surface area contributed by atoms with Crippen molar-refractivity contribution in [1.82, 2.24) is 15.5 Å². The SMILES string of the molecule is Cl.Clc1ccccc1Cc1noc(C2CCNCC2)n1. The molecule has 1 aromatic carbocycles. The molecule has 0 radical (unpaired) electrons. The van der Waals surface area contributed by atoms with Gasteiger partial charge in [-0.3, -0.25) is 0 Å². The second-order valence-electron chi connectivity index (χ2n) is 4.84. The van der Waals surface area contributed by atoms with Gasteiger partial charge in [-0.25, -0.2) is 0 Å². The van der Waals surface area contributed by atoms with Crippen LogP contribution in [0.25, 0.3) is 0 Å². The number of rotatable bonds is 3. The monoisotopic (exact) mass is 313 g/mol. The van der Waals surface area contributed by atoms with E-state index in [0.29, 0.717) is 18.2 Å². The van der Waals surface area contributed by atoms with E-state index in [4.69, 9.17) is 16.1 Å². The third kappa shape index (κ3) is 3.51. The number of benzene rings is 1. The Labute approximate surface area is 129 Å². The minimum Gasteiger partial charge on any atom is -0.339 e. The molecular formula is C14H17Cl2N3O. The van der Waals surface area contributed by atoms with Gasteiger partial charge in [0.2, 0.25) is 5.89 Å². The van der Waals surface area contributed by atoms with Gasteiger partial charge >= 0.3 is 0 Å². The smallest absolute Gasteiger partial charge is 0.229 e. The molecule has 2 heterocycles. The summed E-state index contributed by atoms with van der Waals surface area (Å²) in [6, 6.07) is 7.76. The second kappa shape index (κ2) is 7.07. The molecule has 1 fully saturated rings. The number of aromatic nitrogens is 2. The van der Waals surface area contributed by atoms with E-state index in [-0.39, 0.29) is 12.4 Å². The fraction of sp³-hybridized carbons (Fsp3) is 0.429. The van der Waals surface area contributed by atoms with Crippen LogP contribution in [0.4, 0.5) is 0 Å². The fourth-order valence-corrected chi connectivity index (χ4v) is 2.59. The average Bonchev–Trinajstić information content (AvgIpc) is 2.91. The molecule has 2 aromatic rings. The van der Waals surface area contributed by atoms with Gasteiger partial charge in [-0.05, 0) is 37.6 Å². The topological polar surface area (TPSA) is 51.0 Å². The van der Waals surface area contributed by atoms with Crippen LogP contribution in [-0.2, 0) is 6.42 Å². The molecule has 6 heteroatoms. The quantitative estimate of drug-likeness (QED) is 0.945. The van der Waals surface area contributed by atoms with E-state index < -0.39 is 0 Å². The van der Waals surface area contributed by atoms with Crippen LogP contribution in [0.1, 0.15) is 36.0 Å². The van der Waals surface area contributed by atoms with Crippen LogP contribution < -0.4 is 5.32 Å². The summed E-state index contributed by atoms with van der Waals surface area (Å²) in [4.78, 5) is 4.51. The molecule has 0 bridgehead atoms. The molecule has 0 aliphatic carbocycles. The second-order valence-corrected chi connectivity index (χ2v) is 5.25. The van der Waals surface area contributed by atoms with Gasteiger partial charge in [-0.1, -0.05) is 35.0 Å². The third-order valence-electron chi connectivity index (χ3n) is 3.48. The van der Waals surface area contributed by atoms with Crippen molar-refractivity contribution in [1.29, 1.82) is 0 Å². The van der Waals surface area contributed by atoms with Crippen LogP contribution in [0.2, 0.25) is 5.02 Å². The first-order valence-electron chi connectivity index (χ1n) is 6.59. The van der Waals surface area contributed by atoms with Crippen LogP contribution in [0.15, 0.2) is 28.8 Å². The van der Waals surface area contributed by atoms with Crippen molar-refractivity contribution >= 4 is 24.0 Å². The zero-order chi connectivity index (χ0) is 13.1. The van der Waals surface area contributed by atoms with Crippen molar-refractivity contribution in [2.45, 2.75) is 25.2 Å². The first-order chi connectivity index (χ1) is 9.33. The van der Waals surface area contributed by atoms with Crippen LogP contribution in [0.5, 0.6) is 0 Å². The van der Waals surface area contributed by atoms with E-state index in [1.54, 1.807) is 0 Å². The Hall–Kier alpha value is -1.10. The van der Waals surface area contributed by atoms with Gasteiger partial charge < -0.3 is 9.84 Å². The summed E-state index contributed by atoms with van der Waals surface area (Å²) >= 11 is 6.14. The number of hydrogen-bond donors (Lipinski definition) is 1. The van der Waals surface area contributed by atoms with Crippen molar-refractivity contribution in [2.24, 2.45) is 0 Å². The lowest BCUT2D eigenvalue weighted by Gasteiger charge is -2.18. The average molecular weight is 314 g/mol. The Morgan fingerprint density at radius 3 is 2.75 bits per heavy atom. The van der Waals surface area contributed by atoms with Gasteiger partial charge in [-0.2, -0.15) is 4.98 Å². The van der Waals surface area contributed by atoms with E-state index in [9.17, 15) is 0 Å². The van der Waals surface area contributed by atoms with E-state index >= 15 is 0 Å². The summed E-state index contributed by atoms with van der Waals surface area (Å²) in [5, 5.41) is 8.14. The van der Waals surface area contributed by atoms with Crippen molar-refractivity contribution in [2.75, 3.05) is 13.1 Å². The third-order valence-corrected chi connectivity index (χ3v) is 3.85. The number of halogens is 2. The summed E-state index contributed by atoms with van der Waals surface area (Å²) in [5.41, 5.74) is 1.03. The normalized spacial score (nSPS) is 15.8. The van der Waals surface area contributed by atoms with Gasteiger partial charge in [0, 0.05) is 17.4 Å². The van der Waals surface area contributed by atoms with E-state index in [1.165, 1.54) is 0 Å². The Bertz CT molecular complexity index is 553. The van der Waals surface area contributed by atoms with Crippen molar-refractivity contribution < 1.29 is 4.52 Å². The maximum Gasteiger partial charge on any atom is 0.229 e. The number of nitrogens with zero attached hydrogens (tertiary/aromatic N) is 2. The molecule has 0 spiro atoms. The summed E-state index contributed by atoms with van der Waals surface area (Å²) in [5.74, 6) is 1.87. The lowest BCUT2D eigenvalue weighted by Crippen LogP contribution is -2.26. The van der Waals surface area contributed by atoms with Crippen LogP contribution >= 0.6 is 24.0 Å². The van der Waals surface area contributed by atoms with E-state index in [1.807, 2.05) is 24.3 Å². The number of hydrogen-bond acceptors (Lipinski definition) is 4. The molecule has 108 valence electrons. The molecule has 1 aliphatic rings. The zero-order valence-electron chi connectivity index (χ0n) is 11.0. The highest BCUT2D eigenvalue weighted by atomic mass is 35.5. The van der Waals surface area contributed by atoms with Gasteiger partial charge in [0.15, 0.2) is 5.82 Å². The lowest BCUT2D eigenvalue weighted by molar-refractivity contribution is 0.318. The molecule has 1 aromatic heterocycles. The molecule has 3 rings (SSSR count). The summed E-state index contributed by atoms with van der Waals surface area (Å²) in [7, 11) is 0. The molecule has 1 aliphatic heterocycles. The molecule has 20 heavy (non-hydrogen) atoms. The maximum absolute atomic E-state index is 6.14. The lowest BCUT2D eigenvalue weighted by atomic mass is 9.98. The molecular weight excluding hydrogens is 297 g/mol. The molecule has 0 unspecified atom stereocenters. The molecule has 1 N–H and O–H groups in total. The van der Waals surface area contributed by atoms with Gasteiger partial charge in [-0.15, -0.1) is 12.4 Å². The Kier molecular flexibility index (Phi) is 5.40. The standard InChI is InChI=1S/C14H16ClN3O.ClH/c15-12-4-2-1-3-11(12)9-13-17-14(19-18-13)10-5-7-16-8-6-10;/h1-4,10,16H,5-9H2;1H. The highest BCUT2D eigenvalue weighted by molar-refractivity contribution is 6.31. The number of nitrogens with one attached hydrogen (secondary N) is 1. The molecule has 0 atom stereocenters. The van der Waals surface area contributed by atoms with Crippen LogP contribution in [0, 0.1) is 0 Å². The minimum atomic E-state index is 0. The van der Waals surface area contributed by atoms with Gasteiger partial charge in [0.05, 0.1) is 0 Å². The highest BCUT2D eigenvalue weighted by Crippen LogP contribution is 2.24. The molecule has 0 amide bonds. The Balaban J connectivity index is 0.00000147. The summed E-state index contributed by atoms with van der Waals surface area (Å²) in [6.07, 6.45) is 2.75. The summed E-state index contributed by atoms with van der Waals surface area (Å²) in [6.45, 7) is 2.04. The minimum absolute atomic E-state index is 0. The van der Waals surface area contributed by atoms with Crippen molar-refractivity contribution in [3.63, 3.8) is 0 Å².